The summed E-state index contributed by atoms with van der Waals surface area (Å²) < 4.78 is 0. The van der Waals surface area contributed by atoms with Gasteiger partial charge in [-0.3, -0.25) is 4.98 Å². The van der Waals surface area contributed by atoms with Crippen molar-refractivity contribution >= 4 is 5.69 Å². The van der Waals surface area contributed by atoms with Crippen molar-refractivity contribution < 1.29 is 0 Å². The fraction of sp³-hybridized carbons (Fsp3) is 0.706. The van der Waals surface area contributed by atoms with E-state index < -0.39 is 0 Å². The van der Waals surface area contributed by atoms with Crippen LogP contribution in [0.4, 0.5) is 5.69 Å². The quantitative estimate of drug-likeness (QED) is 0.891. The topological polar surface area (TPSA) is 28.2 Å². The van der Waals surface area contributed by atoms with Crippen LogP contribution in [0, 0.1) is 5.92 Å². The van der Waals surface area contributed by atoms with Crippen molar-refractivity contribution in [1.82, 2.24) is 10.3 Å². The van der Waals surface area contributed by atoms with E-state index in [2.05, 4.69) is 35.2 Å². The maximum atomic E-state index is 4.36. The predicted molar refractivity (Wildman–Crippen MR) is 83.9 cm³/mol. The van der Waals surface area contributed by atoms with Gasteiger partial charge in [0, 0.05) is 31.9 Å². The molecule has 3 nitrogen and oxygen atoms in total. The number of aromatic nitrogens is 1. The molecule has 0 saturated heterocycles. The number of hydrogen-bond donors (Lipinski definition) is 1. The Labute approximate surface area is 122 Å². The summed E-state index contributed by atoms with van der Waals surface area (Å²) in [6.07, 6.45) is 12.1. The monoisotopic (exact) mass is 273 g/mol. The second-order valence-electron chi connectivity index (χ2n) is 6.60. The van der Waals surface area contributed by atoms with E-state index in [4.69, 9.17) is 0 Å². The van der Waals surface area contributed by atoms with Gasteiger partial charge in [0.25, 0.3) is 0 Å². The fourth-order valence-corrected chi connectivity index (χ4v) is 3.47. The minimum atomic E-state index is 0.674. The van der Waals surface area contributed by atoms with Crippen LogP contribution in [-0.4, -0.2) is 24.1 Å². The summed E-state index contributed by atoms with van der Waals surface area (Å²) in [5.74, 6) is 0.790. The van der Waals surface area contributed by atoms with Crippen molar-refractivity contribution in [2.75, 3.05) is 11.9 Å². The SMILES string of the molecule is CC1CCCCC1N(C)c1cnccc1CNC1CC1. The average molecular weight is 273 g/mol. The molecule has 2 saturated carbocycles. The van der Waals surface area contributed by atoms with E-state index in [1.54, 1.807) is 0 Å². The van der Waals surface area contributed by atoms with Gasteiger partial charge in [-0.1, -0.05) is 19.8 Å². The molecule has 2 unspecified atom stereocenters. The Morgan fingerprint density at radius 1 is 1.25 bits per heavy atom. The van der Waals surface area contributed by atoms with Gasteiger partial charge in [0.05, 0.1) is 11.9 Å². The molecule has 1 heterocycles. The van der Waals surface area contributed by atoms with Crippen LogP contribution >= 0.6 is 0 Å². The van der Waals surface area contributed by atoms with Crippen molar-refractivity contribution in [3.05, 3.63) is 24.0 Å². The van der Waals surface area contributed by atoms with E-state index in [0.717, 1.165) is 18.5 Å². The highest BCUT2D eigenvalue weighted by atomic mass is 15.1. The van der Waals surface area contributed by atoms with Gasteiger partial charge in [0.15, 0.2) is 0 Å². The molecule has 0 radical (unpaired) electrons. The second kappa shape index (κ2) is 6.13. The lowest BCUT2D eigenvalue weighted by Gasteiger charge is -2.38. The molecule has 2 atom stereocenters. The van der Waals surface area contributed by atoms with Crippen LogP contribution < -0.4 is 10.2 Å². The summed E-state index contributed by atoms with van der Waals surface area (Å²) in [6, 6.07) is 3.61. The Morgan fingerprint density at radius 2 is 2.05 bits per heavy atom. The zero-order valence-electron chi connectivity index (χ0n) is 12.8. The lowest BCUT2D eigenvalue weighted by atomic mass is 9.85. The minimum absolute atomic E-state index is 0.674. The first-order chi connectivity index (χ1) is 9.75. The van der Waals surface area contributed by atoms with Crippen LogP contribution in [0.2, 0.25) is 0 Å². The lowest BCUT2D eigenvalue weighted by molar-refractivity contribution is 0.321. The van der Waals surface area contributed by atoms with Crippen LogP contribution in [-0.2, 0) is 6.54 Å². The molecule has 1 aromatic heterocycles. The Bertz CT molecular complexity index is 442. The fourth-order valence-electron chi connectivity index (χ4n) is 3.47. The summed E-state index contributed by atoms with van der Waals surface area (Å²) in [6.45, 7) is 3.38. The maximum absolute atomic E-state index is 4.36. The summed E-state index contributed by atoms with van der Waals surface area (Å²) in [5.41, 5.74) is 2.71. The van der Waals surface area contributed by atoms with Gasteiger partial charge in [0.1, 0.15) is 0 Å². The van der Waals surface area contributed by atoms with Crippen molar-refractivity contribution in [2.24, 2.45) is 5.92 Å². The molecule has 1 aromatic rings. The summed E-state index contributed by atoms with van der Waals surface area (Å²) in [5, 5.41) is 3.63. The molecule has 2 aliphatic carbocycles. The third-order valence-electron chi connectivity index (χ3n) is 4.99. The highest BCUT2D eigenvalue weighted by Gasteiger charge is 2.27. The number of nitrogens with one attached hydrogen (secondary N) is 1. The van der Waals surface area contributed by atoms with Crippen molar-refractivity contribution in [2.45, 2.75) is 64.1 Å². The molecular formula is C17H27N3. The van der Waals surface area contributed by atoms with Crippen LogP contribution in [0.5, 0.6) is 0 Å². The molecule has 2 fully saturated rings. The van der Waals surface area contributed by atoms with Gasteiger partial charge in [-0.25, -0.2) is 0 Å². The molecular weight excluding hydrogens is 246 g/mol. The Hall–Kier alpha value is -1.09. The third kappa shape index (κ3) is 3.14. The van der Waals surface area contributed by atoms with E-state index in [1.165, 1.54) is 49.8 Å². The number of nitrogens with zero attached hydrogens (tertiary/aromatic N) is 2. The number of pyridine rings is 1. The standard InChI is InChI=1S/C17H27N3/c1-13-5-3-4-6-16(13)20(2)17-12-18-10-9-14(17)11-19-15-7-8-15/h9-10,12-13,15-16,19H,3-8,11H2,1-2H3. The molecule has 0 amide bonds. The lowest BCUT2D eigenvalue weighted by Crippen LogP contribution is -2.39. The van der Waals surface area contributed by atoms with Crippen molar-refractivity contribution in [1.29, 1.82) is 0 Å². The zero-order chi connectivity index (χ0) is 13.9. The Kier molecular flexibility index (Phi) is 4.25. The first kappa shape index (κ1) is 13.9. The molecule has 110 valence electrons. The second-order valence-corrected chi connectivity index (χ2v) is 6.60. The third-order valence-corrected chi connectivity index (χ3v) is 4.99. The van der Waals surface area contributed by atoms with Crippen LogP contribution in [0.15, 0.2) is 18.5 Å². The van der Waals surface area contributed by atoms with Gasteiger partial charge in [-0.05, 0) is 43.2 Å². The molecule has 3 rings (SSSR count). The molecule has 3 heteroatoms. The van der Waals surface area contributed by atoms with Crippen LogP contribution in [0.1, 0.15) is 51.0 Å². The Balaban J connectivity index is 1.73. The molecule has 20 heavy (non-hydrogen) atoms. The van der Waals surface area contributed by atoms with Crippen LogP contribution in [0.3, 0.4) is 0 Å². The highest BCUT2D eigenvalue weighted by Crippen LogP contribution is 2.32. The molecule has 2 aliphatic rings. The Morgan fingerprint density at radius 3 is 2.80 bits per heavy atom. The molecule has 0 spiro atoms. The summed E-state index contributed by atoms with van der Waals surface area (Å²) in [7, 11) is 2.25. The first-order valence-corrected chi connectivity index (χ1v) is 8.15. The normalized spacial score (nSPS) is 26.5. The van der Waals surface area contributed by atoms with E-state index in [9.17, 15) is 0 Å². The van der Waals surface area contributed by atoms with Gasteiger partial charge < -0.3 is 10.2 Å². The van der Waals surface area contributed by atoms with Gasteiger partial charge in [0.2, 0.25) is 0 Å². The van der Waals surface area contributed by atoms with Crippen LogP contribution in [0.25, 0.3) is 0 Å². The molecule has 0 bridgehead atoms. The van der Waals surface area contributed by atoms with E-state index in [1.807, 2.05) is 12.4 Å². The smallest absolute Gasteiger partial charge is 0.0598 e. The highest BCUT2D eigenvalue weighted by molar-refractivity contribution is 5.52. The number of hydrogen-bond acceptors (Lipinski definition) is 3. The summed E-state index contributed by atoms with van der Waals surface area (Å²) in [4.78, 5) is 6.85. The van der Waals surface area contributed by atoms with Crippen molar-refractivity contribution in [3.63, 3.8) is 0 Å². The van der Waals surface area contributed by atoms with E-state index in [-0.39, 0.29) is 0 Å². The summed E-state index contributed by atoms with van der Waals surface area (Å²) >= 11 is 0. The van der Waals surface area contributed by atoms with Gasteiger partial charge in [-0.2, -0.15) is 0 Å². The predicted octanol–water partition coefficient (Wildman–Crippen LogP) is 3.35. The number of rotatable bonds is 5. The van der Waals surface area contributed by atoms with Gasteiger partial charge >= 0.3 is 0 Å². The molecule has 0 aromatic carbocycles. The minimum Gasteiger partial charge on any atom is -0.370 e. The van der Waals surface area contributed by atoms with E-state index >= 15 is 0 Å². The maximum Gasteiger partial charge on any atom is 0.0598 e. The van der Waals surface area contributed by atoms with E-state index in [0.29, 0.717) is 6.04 Å². The van der Waals surface area contributed by atoms with Crippen molar-refractivity contribution in [3.8, 4) is 0 Å². The zero-order valence-corrected chi connectivity index (χ0v) is 12.8. The molecule has 0 aliphatic heterocycles. The number of anilines is 1. The average Bonchev–Trinajstić information content (AvgIpc) is 3.29. The first-order valence-electron chi connectivity index (χ1n) is 8.15. The largest absolute Gasteiger partial charge is 0.370 e. The molecule has 1 N–H and O–H groups in total. The van der Waals surface area contributed by atoms with Gasteiger partial charge in [-0.15, -0.1) is 0 Å².